The van der Waals surface area contributed by atoms with Crippen LogP contribution in [0.25, 0.3) is 0 Å². The molecule has 86 valence electrons. The Balaban J connectivity index is 3.08. The highest BCUT2D eigenvalue weighted by Crippen LogP contribution is 2.28. The molecule has 1 aromatic carbocycles. The Hall–Kier alpha value is -1.20. The van der Waals surface area contributed by atoms with Gasteiger partial charge in [0.2, 0.25) is 0 Å². The molecule has 0 heterocycles. The number of nitrogens with zero attached hydrogens (tertiary/aromatic N) is 2. The van der Waals surface area contributed by atoms with Crippen molar-refractivity contribution >= 4 is 17.3 Å². The van der Waals surface area contributed by atoms with Crippen LogP contribution in [0.5, 0.6) is 0 Å². The van der Waals surface area contributed by atoms with Crippen molar-refractivity contribution in [2.24, 2.45) is 0 Å². The molecule has 0 spiro atoms. The summed E-state index contributed by atoms with van der Waals surface area (Å²) in [6.07, 6.45) is 1.04. The molecule has 1 aromatic rings. The fourth-order valence-corrected chi connectivity index (χ4v) is 1.61. The Morgan fingerprint density at radius 1 is 1.44 bits per heavy atom. The van der Waals surface area contributed by atoms with Gasteiger partial charge in [0.05, 0.1) is 10.6 Å². The van der Waals surface area contributed by atoms with Crippen molar-refractivity contribution in [3.63, 3.8) is 0 Å². The third-order valence-electron chi connectivity index (χ3n) is 3.23. The molecule has 16 heavy (non-hydrogen) atoms. The number of rotatable bonds is 3. The van der Waals surface area contributed by atoms with Gasteiger partial charge < -0.3 is 4.90 Å². The number of hydrogen-bond donors (Lipinski definition) is 0. The summed E-state index contributed by atoms with van der Waals surface area (Å²) < 4.78 is 0. The summed E-state index contributed by atoms with van der Waals surface area (Å²) in [6, 6.07) is 7.60. The molecular formula is C13H17ClN2. The van der Waals surface area contributed by atoms with E-state index >= 15 is 0 Å². The molecule has 0 aliphatic rings. The van der Waals surface area contributed by atoms with Crippen molar-refractivity contribution in [3.05, 3.63) is 28.8 Å². The second kappa shape index (κ2) is 4.76. The molecule has 0 aliphatic heterocycles. The summed E-state index contributed by atoms with van der Waals surface area (Å²) in [6.45, 7) is 6.51. The SMILES string of the molecule is CCC(C)(C)N(C)c1ccc(C#N)c(Cl)c1. The van der Waals surface area contributed by atoms with Gasteiger partial charge in [-0.1, -0.05) is 18.5 Å². The van der Waals surface area contributed by atoms with Crippen molar-refractivity contribution in [2.45, 2.75) is 32.7 Å². The fraction of sp³-hybridized carbons (Fsp3) is 0.462. The number of hydrogen-bond acceptors (Lipinski definition) is 2. The van der Waals surface area contributed by atoms with E-state index in [1.165, 1.54) is 0 Å². The van der Waals surface area contributed by atoms with Crippen LogP contribution in [-0.4, -0.2) is 12.6 Å². The Morgan fingerprint density at radius 3 is 2.50 bits per heavy atom. The second-order valence-electron chi connectivity index (χ2n) is 4.50. The lowest BCUT2D eigenvalue weighted by atomic mass is 9.99. The van der Waals surface area contributed by atoms with Gasteiger partial charge in [0, 0.05) is 18.3 Å². The molecule has 0 bridgehead atoms. The van der Waals surface area contributed by atoms with E-state index in [4.69, 9.17) is 16.9 Å². The van der Waals surface area contributed by atoms with Gasteiger partial charge in [-0.3, -0.25) is 0 Å². The van der Waals surface area contributed by atoms with E-state index in [-0.39, 0.29) is 5.54 Å². The van der Waals surface area contributed by atoms with Crippen molar-refractivity contribution in [1.29, 1.82) is 5.26 Å². The van der Waals surface area contributed by atoms with E-state index in [1.807, 2.05) is 19.2 Å². The molecule has 0 N–H and O–H groups in total. The third kappa shape index (κ3) is 2.48. The monoisotopic (exact) mass is 236 g/mol. The number of halogens is 1. The van der Waals surface area contributed by atoms with Gasteiger partial charge in [0.15, 0.2) is 0 Å². The first-order chi connectivity index (χ1) is 7.42. The summed E-state index contributed by atoms with van der Waals surface area (Å²) in [4.78, 5) is 2.18. The Bertz CT molecular complexity index is 418. The van der Waals surface area contributed by atoms with Crippen LogP contribution in [0, 0.1) is 11.3 Å². The van der Waals surface area contributed by atoms with E-state index in [1.54, 1.807) is 6.07 Å². The molecule has 3 heteroatoms. The van der Waals surface area contributed by atoms with Crippen LogP contribution in [0.1, 0.15) is 32.8 Å². The van der Waals surface area contributed by atoms with Gasteiger partial charge in [0.1, 0.15) is 6.07 Å². The number of benzene rings is 1. The molecule has 0 atom stereocenters. The van der Waals surface area contributed by atoms with E-state index in [0.717, 1.165) is 12.1 Å². The lowest BCUT2D eigenvalue weighted by Gasteiger charge is -2.37. The summed E-state index contributed by atoms with van der Waals surface area (Å²) in [5.41, 5.74) is 1.64. The maximum absolute atomic E-state index is 8.81. The molecular weight excluding hydrogens is 220 g/mol. The zero-order valence-electron chi connectivity index (χ0n) is 10.2. The Kier molecular flexibility index (Phi) is 3.83. The van der Waals surface area contributed by atoms with Crippen molar-refractivity contribution in [2.75, 3.05) is 11.9 Å². The average molecular weight is 237 g/mol. The predicted octanol–water partition coefficient (Wildman–Crippen LogP) is 3.84. The van der Waals surface area contributed by atoms with Crippen molar-refractivity contribution in [1.82, 2.24) is 0 Å². The summed E-state index contributed by atoms with van der Waals surface area (Å²) >= 11 is 6.02. The van der Waals surface area contributed by atoms with Crippen LogP contribution in [0.4, 0.5) is 5.69 Å². The minimum absolute atomic E-state index is 0.0808. The van der Waals surface area contributed by atoms with Gasteiger partial charge in [-0.05, 0) is 38.5 Å². The first-order valence-corrected chi connectivity index (χ1v) is 5.73. The van der Waals surface area contributed by atoms with Crippen LogP contribution in [-0.2, 0) is 0 Å². The van der Waals surface area contributed by atoms with Gasteiger partial charge in [-0.25, -0.2) is 0 Å². The Morgan fingerprint density at radius 2 is 2.06 bits per heavy atom. The van der Waals surface area contributed by atoms with Crippen LogP contribution in [0.2, 0.25) is 5.02 Å². The Labute approximate surface area is 102 Å². The van der Waals surface area contributed by atoms with E-state index in [0.29, 0.717) is 10.6 Å². The molecule has 0 unspecified atom stereocenters. The molecule has 0 radical (unpaired) electrons. The maximum atomic E-state index is 8.81. The second-order valence-corrected chi connectivity index (χ2v) is 4.91. The van der Waals surface area contributed by atoms with Crippen LogP contribution in [0.15, 0.2) is 18.2 Å². The zero-order chi connectivity index (χ0) is 12.3. The van der Waals surface area contributed by atoms with E-state index in [2.05, 4.69) is 31.7 Å². The highest BCUT2D eigenvalue weighted by atomic mass is 35.5. The molecule has 2 nitrogen and oxygen atoms in total. The first kappa shape index (κ1) is 12.9. The van der Waals surface area contributed by atoms with Crippen LogP contribution in [0.3, 0.4) is 0 Å². The third-order valence-corrected chi connectivity index (χ3v) is 3.55. The zero-order valence-corrected chi connectivity index (χ0v) is 11.0. The lowest BCUT2D eigenvalue weighted by Crippen LogP contribution is -2.40. The standard InChI is InChI=1S/C13H17ClN2/c1-5-13(2,3)16(4)11-7-6-10(9-15)12(14)8-11/h6-8H,5H2,1-4H3. The van der Waals surface area contributed by atoms with Crippen LogP contribution < -0.4 is 4.90 Å². The topological polar surface area (TPSA) is 27.0 Å². The lowest BCUT2D eigenvalue weighted by molar-refractivity contribution is 0.471. The highest BCUT2D eigenvalue weighted by Gasteiger charge is 2.21. The first-order valence-electron chi connectivity index (χ1n) is 5.36. The minimum Gasteiger partial charge on any atom is -0.369 e. The van der Waals surface area contributed by atoms with E-state index < -0.39 is 0 Å². The molecule has 0 saturated carbocycles. The summed E-state index contributed by atoms with van der Waals surface area (Å²) in [7, 11) is 2.04. The van der Waals surface area contributed by atoms with Gasteiger partial charge >= 0.3 is 0 Å². The van der Waals surface area contributed by atoms with Crippen molar-refractivity contribution < 1.29 is 0 Å². The van der Waals surface area contributed by atoms with Gasteiger partial charge in [-0.2, -0.15) is 5.26 Å². The molecule has 0 aromatic heterocycles. The van der Waals surface area contributed by atoms with Gasteiger partial charge in [-0.15, -0.1) is 0 Å². The highest BCUT2D eigenvalue weighted by molar-refractivity contribution is 6.32. The van der Waals surface area contributed by atoms with Crippen LogP contribution >= 0.6 is 11.6 Å². The quantitative estimate of drug-likeness (QED) is 0.798. The van der Waals surface area contributed by atoms with Crippen molar-refractivity contribution in [3.8, 4) is 6.07 Å². The summed E-state index contributed by atoms with van der Waals surface area (Å²) in [5.74, 6) is 0. The number of nitriles is 1. The van der Waals surface area contributed by atoms with Gasteiger partial charge in [0.25, 0.3) is 0 Å². The minimum atomic E-state index is 0.0808. The number of anilines is 1. The molecule has 0 fully saturated rings. The smallest absolute Gasteiger partial charge is 0.101 e. The maximum Gasteiger partial charge on any atom is 0.101 e. The molecule has 0 amide bonds. The predicted molar refractivity (Wildman–Crippen MR) is 68.9 cm³/mol. The normalized spacial score (nSPS) is 11.0. The molecule has 0 aliphatic carbocycles. The average Bonchev–Trinajstić information content (AvgIpc) is 2.27. The largest absolute Gasteiger partial charge is 0.369 e. The fourth-order valence-electron chi connectivity index (χ4n) is 1.39. The molecule has 0 saturated heterocycles. The summed E-state index contributed by atoms with van der Waals surface area (Å²) in [5, 5.41) is 9.32. The van der Waals surface area contributed by atoms with E-state index in [9.17, 15) is 0 Å². The molecule has 1 rings (SSSR count).